The first-order valence-corrected chi connectivity index (χ1v) is 8.92. The molecule has 2 aromatic heterocycles. The molecular formula is C13H12Cl2N6O2S. The van der Waals surface area contributed by atoms with Crippen molar-refractivity contribution in [3.63, 3.8) is 0 Å². The fraction of sp³-hybridized carbons (Fsp3) is 0.154. The minimum Gasteiger partial charge on any atom is -0.274 e. The Morgan fingerprint density at radius 3 is 2.71 bits per heavy atom. The molecule has 0 amide bonds. The van der Waals surface area contributed by atoms with Crippen LogP contribution in [0, 0.1) is 0 Å². The average molecular weight is 387 g/mol. The summed E-state index contributed by atoms with van der Waals surface area (Å²) in [4.78, 5) is 3.98. The summed E-state index contributed by atoms with van der Waals surface area (Å²) in [7, 11) is -2.15. The highest BCUT2D eigenvalue weighted by atomic mass is 35.5. The van der Waals surface area contributed by atoms with E-state index < -0.39 is 10.0 Å². The molecule has 0 saturated carbocycles. The van der Waals surface area contributed by atoms with Gasteiger partial charge in [0.2, 0.25) is 0 Å². The van der Waals surface area contributed by atoms with Crippen molar-refractivity contribution in [2.45, 2.75) is 11.4 Å². The molecule has 0 fully saturated rings. The maximum atomic E-state index is 12.2. The van der Waals surface area contributed by atoms with E-state index in [2.05, 4.69) is 19.9 Å². The van der Waals surface area contributed by atoms with E-state index in [0.717, 1.165) is 5.56 Å². The van der Waals surface area contributed by atoms with E-state index in [1.807, 2.05) is 0 Å². The molecule has 0 aliphatic carbocycles. The maximum absolute atomic E-state index is 12.2. The number of sulfonamides is 1. The lowest BCUT2D eigenvalue weighted by molar-refractivity contribution is 0.600. The number of benzene rings is 1. The second-order valence-electron chi connectivity index (χ2n) is 4.97. The number of aryl methyl sites for hydroxylation is 1. The number of nitrogens with zero attached hydrogens (tertiary/aromatic N) is 5. The van der Waals surface area contributed by atoms with Gasteiger partial charge in [0.25, 0.3) is 16.0 Å². The molecule has 3 aromatic rings. The zero-order valence-electron chi connectivity index (χ0n) is 12.4. The average Bonchev–Trinajstić information content (AvgIpc) is 3.12. The topological polar surface area (TPSA) is 94.7 Å². The van der Waals surface area contributed by atoms with Crippen molar-refractivity contribution >= 4 is 39.2 Å². The van der Waals surface area contributed by atoms with Crippen molar-refractivity contribution in [3.05, 3.63) is 52.5 Å². The molecule has 1 aromatic carbocycles. The van der Waals surface area contributed by atoms with Gasteiger partial charge >= 0.3 is 0 Å². The van der Waals surface area contributed by atoms with E-state index in [1.54, 1.807) is 25.2 Å². The molecule has 0 unspecified atom stereocenters. The van der Waals surface area contributed by atoms with E-state index in [4.69, 9.17) is 23.2 Å². The van der Waals surface area contributed by atoms with Crippen LogP contribution in [0.5, 0.6) is 0 Å². The number of rotatable bonds is 5. The number of aromatic nitrogens is 5. The summed E-state index contributed by atoms with van der Waals surface area (Å²) < 4.78 is 29.5. The number of hydrogen-bond donors (Lipinski definition) is 1. The molecule has 24 heavy (non-hydrogen) atoms. The second-order valence-corrected chi connectivity index (χ2v) is 7.47. The maximum Gasteiger partial charge on any atom is 0.267 e. The number of hydrogen-bond acceptors (Lipinski definition) is 5. The minimum atomic E-state index is -3.77. The van der Waals surface area contributed by atoms with Crippen LogP contribution in [-0.2, 0) is 23.6 Å². The Morgan fingerprint density at radius 2 is 2.04 bits per heavy atom. The van der Waals surface area contributed by atoms with E-state index >= 15 is 0 Å². The summed E-state index contributed by atoms with van der Waals surface area (Å²) in [6, 6.07) is 5.20. The first kappa shape index (κ1) is 16.7. The Labute approximate surface area is 148 Å². The molecule has 0 aliphatic heterocycles. The molecule has 0 bridgehead atoms. The molecular weight excluding hydrogens is 375 g/mol. The van der Waals surface area contributed by atoms with Gasteiger partial charge in [-0.25, -0.2) is 17.8 Å². The molecule has 8 nitrogen and oxygen atoms in total. The molecule has 0 aliphatic rings. The molecule has 0 atom stereocenters. The van der Waals surface area contributed by atoms with Gasteiger partial charge in [-0.05, 0) is 17.7 Å². The van der Waals surface area contributed by atoms with Gasteiger partial charge in [0.05, 0.1) is 22.8 Å². The van der Waals surface area contributed by atoms with Crippen LogP contribution in [0.2, 0.25) is 10.0 Å². The van der Waals surface area contributed by atoms with Crippen LogP contribution in [-0.4, -0.2) is 33.0 Å². The number of anilines is 1. The van der Waals surface area contributed by atoms with Crippen molar-refractivity contribution in [3.8, 4) is 0 Å². The van der Waals surface area contributed by atoms with E-state index in [-0.39, 0.29) is 10.8 Å². The minimum absolute atomic E-state index is 0.0288. The van der Waals surface area contributed by atoms with Gasteiger partial charge in [0.15, 0.2) is 0 Å². The molecule has 126 valence electrons. The van der Waals surface area contributed by atoms with Crippen LogP contribution in [0.15, 0.2) is 41.8 Å². The lowest BCUT2D eigenvalue weighted by Gasteiger charge is -2.03. The summed E-state index contributed by atoms with van der Waals surface area (Å²) in [5, 5.41) is 8.82. The van der Waals surface area contributed by atoms with Crippen LogP contribution >= 0.6 is 23.2 Å². The summed E-state index contributed by atoms with van der Waals surface area (Å²) in [5.74, 6) is -0.0288. The fourth-order valence-corrected chi connectivity index (χ4v) is 3.21. The molecule has 2 heterocycles. The smallest absolute Gasteiger partial charge is 0.267 e. The Bertz CT molecular complexity index is 982. The van der Waals surface area contributed by atoms with Gasteiger partial charge in [-0.2, -0.15) is 10.1 Å². The van der Waals surface area contributed by atoms with Crippen molar-refractivity contribution in [2.75, 3.05) is 4.72 Å². The fourth-order valence-electron chi connectivity index (χ4n) is 1.96. The Kier molecular flexibility index (Phi) is 4.48. The first-order valence-electron chi connectivity index (χ1n) is 6.68. The third-order valence-corrected chi connectivity index (χ3v) is 5.10. The van der Waals surface area contributed by atoms with E-state index in [9.17, 15) is 8.42 Å². The van der Waals surface area contributed by atoms with Gasteiger partial charge < -0.3 is 0 Å². The largest absolute Gasteiger partial charge is 0.274 e. The highest BCUT2D eigenvalue weighted by molar-refractivity contribution is 7.92. The summed E-state index contributed by atoms with van der Waals surface area (Å²) in [6.07, 6.45) is 4.05. The molecule has 11 heteroatoms. The van der Waals surface area contributed by atoms with Crippen molar-refractivity contribution in [1.82, 2.24) is 24.5 Å². The molecule has 3 rings (SSSR count). The van der Waals surface area contributed by atoms with Crippen LogP contribution in [0.25, 0.3) is 0 Å². The third-order valence-electron chi connectivity index (χ3n) is 3.08. The highest BCUT2D eigenvalue weighted by Gasteiger charge is 2.18. The summed E-state index contributed by atoms with van der Waals surface area (Å²) in [6.45, 7) is 0.374. The van der Waals surface area contributed by atoms with Gasteiger partial charge in [-0.3, -0.25) is 4.68 Å². The van der Waals surface area contributed by atoms with Crippen LogP contribution in [0.1, 0.15) is 5.56 Å². The molecule has 0 spiro atoms. The molecule has 0 radical (unpaired) electrons. The van der Waals surface area contributed by atoms with Gasteiger partial charge in [-0.1, -0.05) is 29.3 Å². The second kappa shape index (κ2) is 6.42. The highest BCUT2D eigenvalue weighted by Crippen LogP contribution is 2.23. The van der Waals surface area contributed by atoms with Crippen LogP contribution in [0.3, 0.4) is 0 Å². The molecule has 1 N–H and O–H groups in total. The molecule has 0 saturated heterocycles. The SMILES string of the molecule is Cn1cc(S(=O)(=O)Nc2ncn(Cc3ccc(Cl)c(Cl)c3)n2)cn1. The zero-order valence-corrected chi connectivity index (χ0v) is 14.7. The van der Waals surface area contributed by atoms with Crippen molar-refractivity contribution in [2.24, 2.45) is 7.05 Å². The Balaban J connectivity index is 1.74. The Morgan fingerprint density at radius 1 is 1.25 bits per heavy atom. The predicted octanol–water partition coefficient (Wildman–Crippen LogP) is 2.17. The number of nitrogens with one attached hydrogen (secondary N) is 1. The quantitative estimate of drug-likeness (QED) is 0.724. The van der Waals surface area contributed by atoms with Crippen molar-refractivity contribution in [1.29, 1.82) is 0 Å². The summed E-state index contributed by atoms with van der Waals surface area (Å²) >= 11 is 11.8. The monoisotopic (exact) mass is 386 g/mol. The lowest BCUT2D eigenvalue weighted by atomic mass is 10.2. The van der Waals surface area contributed by atoms with E-state index in [0.29, 0.717) is 16.6 Å². The van der Waals surface area contributed by atoms with Gasteiger partial charge in [-0.15, -0.1) is 5.10 Å². The first-order chi connectivity index (χ1) is 11.3. The number of halogens is 2. The third kappa shape index (κ3) is 3.69. The lowest BCUT2D eigenvalue weighted by Crippen LogP contribution is -2.14. The van der Waals surface area contributed by atoms with Crippen LogP contribution in [0.4, 0.5) is 5.95 Å². The van der Waals surface area contributed by atoms with Gasteiger partial charge in [0.1, 0.15) is 11.2 Å². The van der Waals surface area contributed by atoms with Crippen molar-refractivity contribution < 1.29 is 8.42 Å². The predicted molar refractivity (Wildman–Crippen MR) is 89.6 cm³/mol. The van der Waals surface area contributed by atoms with Crippen LogP contribution < -0.4 is 4.72 Å². The zero-order chi connectivity index (χ0) is 17.3. The van der Waals surface area contributed by atoms with Gasteiger partial charge in [0, 0.05) is 13.2 Å². The summed E-state index contributed by atoms with van der Waals surface area (Å²) in [5.41, 5.74) is 0.857. The van der Waals surface area contributed by atoms with E-state index in [1.165, 1.54) is 28.1 Å². The normalized spacial score (nSPS) is 11.6. The Hall–Kier alpha value is -2.10. The standard InChI is InChI=1S/C13H12Cl2N6O2S/c1-20-7-10(5-17-20)24(22,23)19-13-16-8-21(18-13)6-9-2-3-11(14)12(15)4-9/h2-5,7-8H,6H2,1H3,(H,18,19).